The molecule has 0 saturated heterocycles. The van der Waals surface area contributed by atoms with Crippen molar-refractivity contribution in [3.05, 3.63) is 46.3 Å². The fourth-order valence-electron chi connectivity index (χ4n) is 2.27. The molecule has 4 nitrogen and oxygen atoms in total. The Hall–Kier alpha value is -1.88. The highest BCUT2D eigenvalue weighted by Gasteiger charge is 2.18. The van der Waals surface area contributed by atoms with E-state index in [0.29, 0.717) is 11.9 Å². The van der Waals surface area contributed by atoms with Gasteiger partial charge in [0.05, 0.1) is 6.04 Å². The molecule has 0 saturated carbocycles. The highest BCUT2D eigenvalue weighted by Crippen LogP contribution is 2.28. The molecule has 0 aromatic carbocycles. The average Bonchev–Trinajstić information content (AvgIpc) is 3.05. The minimum absolute atomic E-state index is 0.243. The van der Waals surface area contributed by atoms with E-state index in [1.807, 2.05) is 29.8 Å². The number of nitrogens with zero attached hydrogens (tertiary/aromatic N) is 3. The van der Waals surface area contributed by atoms with E-state index in [9.17, 15) is 0 Å². The standard InChI is InChI=1S/C15H18N4S/c1-10(2)13(12-7-5-9-20-12)16-15-17-14-11(3)6-4-8-19(14)18-15/h4-10,13H,1-3H3,(H,16,18). The van der Waals surface area contributed by atoms with Gasteiger partial charge in [0.25, 0.3) is 0 Å². The summed E-state index contributed by atoms with van der Waals surface area (Å²) in [6.07, 6.45) is 1.93. The lowest BCUT2D eigenvalue weighted by atomic mass is 10.0. The van der Waals surface area contributed by atoms with Gasteiger partial charge in [0.2, 0.25) is 5.95 Å². The zero-order chi connectivity index (χ0) is 14.1. The Balaban J connectivity index is 1.93. The fraction of sp³-hybridized carbons (Fsp3) is 0.333. The van der Waals surface area contributed by atoms with Crippen molar-refractivity contribution >= 4 is 22.9 Å². The molecule has 1 N–H and O–H groups in total. The molecule has 3 rings (SSSR count). The molecule has 20 heavy (non-hydrogen) atoms. The van der Waals surface area contributed by atoms with Crippen LogP contribution in [0, 0.1) is 12.8 Å². The van der Waals surface area contributed by atoms with Crippen LogP contribution in [0.3, 0.4) is 0 Å². The van der Waals surface area contributed by atoms with Crippen LogP contribution >= 0.6 is 11.3 Å². The summed E-state index contributed by atoms with van der Waals surface area (Å²) in [7, 11) is 0. The predicted molar refractivity (Wildman–Crippen MR) is 83.2 cm³/mol. The molecule has 0 bridgehead atoms. The van der Waals surface area contributed by atoms with Crippen molar-refractivity contribution in [2.45, 2.75) is 26.8 Å². The van der Waals surface area contributed by atoms with Crippen LogP contribution in [0.4, 0.5) is 5.95 Å². The van der Waals surface area contributed by atoms with E-state index >= 15 is 0 Å². The molecular formula is C15H18N4S. The van der Waals surface area contributed by atoms with Gasteiger partial charge >= 0.3 is 0 Å². The zero-order valence-corrected chi connectivity index (χ0v) is 12.7. The number of aromatic nitrogens is 3. The molecule has 0 aliphatic rings. The molecule has 0 radical (unpaired) electrons. The second-order valence-electron chi connectivity index (χ2n) is 5.28. The molecular weight excluding hydrogens is 268 g/mol. The van der Waals surface area contributed by atoms with Gasteiger partial charge in [-0.05, 0) is 35.9 Å². The van der Waals surface area contributed by atoms with Crippen LogP contribution in [0.25, 0.3) is 5.65 Å². The third kappa shape index (κ3) is 2.41. The minimum Gasteiger partial charge on any atom is -0.345 e. The summed E-state index contributed by atoms with van der Waals surface area (Å²) in [6, 6.07) is 8.52. The molecule has 0 aliphatic carbocycles. The molecule has 0 fully saturated rings. The zero-order valence-electron chi connectivity index (χ0n) is 11.9. The Kier molecular flexibility index (Phi) is 3.44. The highest BCUT2D eigenvalue weighted by atomic mass is 32.1. The van der Waals surface area contributed by atoms with Crippen LogP contribution in [-0.2, 0) is 0 Å². The van der Waals surface area contributed by atoms with Crippen LogP contribution in [0.2, 0.25) is 0 Å². The summed E-state index contributed by atoms with van der Waals surface area (Å²) in [5.74, 6) is 1.16. The largest absolute Gasteiger partial charge is 0.345 e. The van der Waals surface area contributed by atoms with E-state index in [1.54, 1.807) is 11.3 Å². The highest BCUT2D eigenvalue weighted by molar-refractivity contribution is 7.10. The molecule has 0 spiro atoms. The van der Waals surface area contributed by atoms with Crippen LogP contribution in [0.1, 0.15) is 30.3 Å². The maximum atomic E-state index is 4.59. The van der Waals surface area contributed by atoms with E-state index in [4.69, 9.17) is 0 Å². The van der Waals surface area contributed by atoms with Crippen molar-refractivity contribution in [3.8, 4) is 0 Å². The maximum absolute atomic E-state index is 4.59. The summed E-state index contributed by atoms with van der Waals surface area (Å²) < 4.78 is 1.82. The lowest BCUT2D eigenvalue weighted by Gasteiger charge is -2.20. The number of nitrogens with one attached hydrogen (secondary N) is 1. The minimum atomic E-state index is 0.243. The number of pyridine rings is 1. The Labute approximate surface area is 122 Å². The number of rotatable bonds is 4. The van der Waals surface area contributed by atoms with Crippen molar-refractivity contribution < 1.29 is 0 Å². The maximum Gasteiger partial charge on any atom is 0.243 e. The van der Waals surface area contributed by atoms with Crippen LogP contribution in [0.15, 0.2) is 35.8 Å². The second kappa shape index (κ2) is 5.25. The first kappa shape index (κ1) is 13.1. The van der Waals surface area contributed by atoms with Gasteiger partial charge in [-0.15, -0.1) is 16.4 Å². The first-order valence-electron chi connectivity index (χ1n) is 6.77. The van der Waals surface area contributed by atoms with E-state index in [2.05, 4.69) is 46.8 Å². The van der Waals surface area contributed by atoms with Gasteiger partial charge in [-0.1, -0.05) is 26.0 Å². The number of hydrogen-bond donors (Lipinski definition) is 1. The van der Waals surface area contributed by atoms with Gasteiger partial charge < -0.3 is 5.32 Å². The Morgan fingerprint density at radius 3 is 2.75 bits per heavy atom. The smallest absolute Gasteiger partial charge is 0.243 e. The van der Waals surface area contributed by atoms with Gasteiger partial charge in [-0.2, -0.15) is 4.98 Å². The normalized spacial score (nSPS) is 13.0. The summed E-state index contributed by atoms with van der Waals surface area (Å²) in [6.45, 7) is 6.46. The molecule has 3 heterocycles. The van der Waals surface area contributed by atoms with Crippen molar-refractivity contribution in [2.24, 2.45) is 5.92 Å². The monoisotopic (exact) mass is 286 g/mol. The molecule has 1 atom stereocenters. The van der Waals surface area contributed by atoms with Crippen molar-refractivity contribution in [1.82, 2.24) is 14.6 Å². The van der Waals surface area contributed by atoms with Crippen LogP contribution in [-0.4, -0.2) is 14.6 Å². The van der Waals surface area contributed by atoms with E-state index < -0.39 is 0 Å². The van der Waals surface area contributed by atoms with Crippen molar-refractivity contribution in [3.63, 3.8) is 0 Å². The number of fused-ring (bicyclic) bond motifs is 1. The van der Waals surface area contributed by atoms with Gasteiger partial charge in [-0.3, -0.25) is 0 Å². The Bertz CT molecular complexity index is 700. The summed E-state index contributed by atoms with van der Waals surface area (Å²) in [5.41, 5.74) is 2.04. The van der Waals surface area contributed by atoms with Crippen molar-refractivity contribution in [2.75, 3.05) is 5.32 Å². The topological polar surface area (TPSA) is 42.2 Å². The molecule has 1 unspecified atom stereocenters. The van der Waals surface area contributed by atoms with Crippen LogP contribution < -0.4 is 5.32 Å². The molecule has 3 aromatic heterocycles. The van der Waals surface area contributed by atoms with E-state index in [1.165, 1.54) is 4.88 Å². The van der Waals surface area contributed by atoms with Crippen LogP contribution in [0.5, 0.6) is 0 Å². The fourth-order valence-corrected chi connectivity index (χ4v) is 3.22. The SMILES string of the molecule is Cc1cccn2nc(NC(c3cccs3)C(C)C)nc12. The summed E-state index contributed by atoms with van der Waals surface area (Å²) in [5, 5.41) is 10.1. The van der Waals surface area contributed by atoms with Gasteiger partial charge in [0, 0.05) is 11.1 Å². The van der Waals surface area contributed by atoms with Gasteiger partial charge in [-0.25, -0.2) is 4.52 Å². The first-order chi connectivity index (χ1) is 9.65. The molecule has 0 aliphatic heterocycles. The van der Waals surface area contributed by atoms with Crippen molar-refractivity contribution in [1.29, 1.82) is 0 Å². The summed E-state index contributed by atoms with van der Waals surface area (Å²) >= 11 is 1.76. The third-order valence-electron chi connectivity index (χ3n) is 3.36. The van der Waals surface area contributed by atoms with E-state index in [-0.39, 0.29) is 6.04 Å². The lowest BCUT2D eigenvalue weighted by Crippen LogP contribution is -2.16. The quantitative estimate of drug-likeness (QED) is 0.790. The first-order valence-corrected chi connectivity index (χ1v) is 7.65. The molecule has 5 heteroatoms. The number of anilines is 1. The number of aryl methyl sites for hydroxylation is 1. The average molecular weight is 286 g/mol. The predicted octanol–water partition coefficient (Wildman–Crippen LogP) is 3.91. The van der Waals surface area contributed by atoms with Gasteiger partial charge in [0.15, 0.2) is 5.65 Å². The second-order valence-corrected chi connectivity index (χ2v) is 6.26. The number of thiophene rings is 1. The van der Waals surface area contributed by atoms with E-state index in [0.717, 1.165) is 11.2 Å². The summed E-state index contributed by atoms with van der Waals surface area (Å²) in [4.78, 5) is 5.91. The Morgan fingerprint density at radius 1 is 1.25 bits per heavy atom. The lowest BCUT2D eigenvalue weighted by molar-refractivity contribution is 0.550. The molecule has 0 amide bonds. The Morgan fingerprint density at radius 2 is 2.10 bits per heavy atom. The van der Waals surface area contributed by atoms with Gasteiger partial charge in [0.1, 0.15) is 0 Å². The molecule has 104 valence electrons. The number of hydrogen-bond acceptors (Lipinski definition) is 4. The third-order valence-corrected chi connectivity index (χ3v) is 4.31. The molecule has 3 aromatic rings.